The second-order valence-electron chi connectivity index (χ2n) is 5.88. The third-order valence-corrected chi connectivity index (χ3v) is 3.87. The lowest BCUT2D eigenvalue weighted by Crippen LogP contribution is -2.37. The number of carbonyl (C=O) groups is 1. The summed E-state index contributed by atoms with van der Waals surface area (Å²) in [5, 5.41) is 0. The Labute approximate surface area is 144 Å². The minimum Gasteiger partial charge on any atom is -0.410 e. The van der Waals surface area contributed by atoms with Crippen molar-refractivity contribution >= 4 is 11.8 Å². The summed E-state index contributed by atoms with van der Waals surface area (Å²) in [6, 6.07) is 17.4. The molecule has 0 aliphatic heterocycles. The molecule has 0 amide bonds. The molecule has 0 saturated heterocycles. The van der Waals surface area contributed by atoms with Gasteiger partial charge in [0, 0.05) is 12.2 Å². The largest absolute Gasteiger partial charge is 0.515 e. The summed E-state index contributed by atoms with van der Waals surface area (Å²) in [5.41, 5.74) is 1.99. The average molecular weight is 327 g/mol. The van der Waals surface area contributed by atoms with E-state index < -0.39 is 12.4 Å². The molecule has 24 heavy (non-hydrogen) atoms. The highest BCUT2D eigenvalue weighted by molar-refractivity contribution is 5.65. The van der Waals surface area contributed by atoms with E-state index in [9.17, 15) is 4.79 Å². The Hall–Kier alpha value is -2.49. The van der Waals surface area contributed by atoms with E-state index in [0.717, 1.165) is 17.8 Å². The van der Waals surface area contributed by atoms with Crippen LogP contribution in [0.1, 0.15) is 39.2 Å². The molecular weight excluding hydrogens is 302 g/mol. The van der Waals surface area contributed by atoms with Gasteiger partial charge in [0.2, 0.25) is 0 Å². The van der Waals surface area contributed by atoms with Gasteiger partial charge in [-0.3, -0.25) is 0 Å². The zero-order chi connectivity index (χ0) is 17.5. The molecule has 2 aromatic carbocycles. The number of hydrogen-bond donors (Lipinski definition) is 0. The van der Waals surface area contributed by atoms with E-state index in [4.69, 9.17) is 9.47 Å². The van der Waals surface area contributed by atoms with Gasteiger partial charge in [-0.2, -0.15) is 0 Å². The number of rotatable bonds is 6. The lowest BCUT2D eigenvalue weighted by molar-refractivity contribution is 0.0642. The van der Waals surface area contributed by atoms with Crippen LogP contribution in [-0.2, 0) is 4.74 Å². The Morgan fingerprint density at radius 3 is 2.25 bits per heavy atom. The van der Waals surface area contributed by atoms with Crippen molar-refractivity contribution in [2.45, 2.75) is 39.8 Å². The van der Waals surface area contributed by atoms with Gasteiger partial charge in [-0.15, -0.1) is 0 Å². The minimum atomic E-state index is -0.690. The predicted molar refractivity (Wildman–Crippen MR) is 96.6 cm³/mol. The SMILES string of the molecule is CCN(c1ccccc1)C(C)OC(=O)Oc1ccccc1C(C)C. The van der Waals surface area contributed by atoms with E-state index in [0.29, 0.717) is 5.75 Å². The number of ether oxygens (including phenoxy) is 2. The summed E-state index contributed by atoms with van der Waals surface area (Å²) < 4.78 is 10.9. The summed E-state index contributed by atoms with van der Waals surface area (Å²) in [5.74, 6) is 0.815. The second kappa shape index (κ2) is 8.39. The average Bonchev–Trinajstić information content (AvgIpc) is 2.56. The molecule has 2 aromatic rings. The van der Waals surface area contributed by atoms with Crippen LogP contribution in [0, 0.1) is 0 Å². The Morgan fingerprint density at radius 2 is 1.62 bits per heavy atom. The van der Waals surface area contributed by atoms with Crippen LogP contribution in [0.3, 0.4) is 0 Å². The monoisotopic (exact) mass is 327 g/mol. The van der Waals surface area contributed by atoms with Gasteiger partial charge in [-0.1, -0.05) is 50.2 Å². The molecule has 1 unspecified atom stereocenters. The zero-order valence-corrected chi connectivity index (χ0v) is 14.7. The summed E-state index contributed by atoms with van der Waals surface area (Å²) in [7, 11) is 0. The van der Waals surface area contributed by atoms with Gasteiger partial charge in [-0.05, 0) is 43.5 Å². The normalized spacial score (nSPS) is 11.9. The molecule has 1 atom stereocenters. The van der Waals surface area contributed by atoms with Gasteiger partial charge in [0.25, 0.3) is 0 Å². The molecule has 0 spiro atoms. The molecule has 0 fully saturated rings. The van der Waals surface area contributed by atoms with E-state index in [-0.39, 0.29) is 5.92 Å². The van der Waals surface area contributed by atoms with Crippen LogP contribution >= 0.6 is 0 Å². The quantitative estimate of drug-likeness (QED) is 0.415. The lowest BCUT2D eigenvalue weighted by Gasteiger charge is -2.29. The topological polar surface area (TPSA) is 38.8 Å². The van der Waals surface area contributed by atoms with Crippen molar-refractivity contribution in [3.8, 4) is 5.75 Å². The van der Waals surface area contributed by atoms with Crippen molar-refractivity contribution in [1.29, 1.82) is 0 Å². The fraction of sp³-hybridized carbons (Fsp3) is 0.350. The molecule has 0 aliphatic rings. The number of benzene rings is 2. The predicted octanol–water partition coefficient (Wildman–Crippen LogP) is 5.20. The molecule has 0 aromatic heterocycles. The van der Waals surface area contributed by atoms with Crippen molar-refractivity contribution in [2.75, 3.05) is 11.4 Å². The van der Waals surface area contributed by atoms with Gasteiger partial charge in [-0.25, -0.2) is 4.79 Å². The Bertz CT molecular complexity index is 655. The molecule has 0 saturated carbocycles. The first-order chi connectivity index (χ1) is 11.5. The van der Waals surface area contributed by atoms with Gasteiger partial charge < -0.3 is 14.4 Å². The Kier molecular flexibility index (Phi) is 6.24. The first kappa shape index (κ1) is 17.9. The van der Waals surface area contributed by atoms with E-state index in [1.807, 2.05) is 67.3 Å². The molecule has 0 bridgehead atoms. The highest BCUT2D eigenvalue weighted by Gasteiger charge is 2.19. The number of carbonyl (C=O) groups excluding carboxylic acids is 1. The van der Waals surface area contributed by atoms with Crippen LogP contribution in [0.4, 0.5) is 10.5 Å². The molecule has 4 nitrogen and oxygen atoms in total. The van der Waals surface area contributed by atoms with Crippen LogP contribution < -0.4 is 9.64 Å². The molecule has 0 radical (unpaired) electrons. The summed E-state index contributed by atoms with van der Waals surface area (Å²) in [4.78, 5) is 14.2. The first-order valence-electron chi connectivity index (χ1n) is 8.32. The maximum absolute atomic E-state index is 12.2. The Morgan fingerprint density at radius 1 is 1.00 bits per heavy atom. The first-order valence-corrected chi connectivity index (χ1v) is 8.32. The van der Waals surface area contributed by atoms with Crippen molar-refractivity contribution in [2.24, 2.45) is 0 Å². The zero-order valence-electron chi connectivity index (χ0n) is 14.7. The minimum absolute atomic E-state index is 0.267. The third-order valence-electron chi connectivity index (χ3n) is 3.87. The van der Waals surface area contributed by atoms with E-state index in [1.165, 1.54) is 0 Å². The van der Waals surface area contributed by atoms with Crippen LogP contribution in [0.5, 0.6) is 5.75 Å². The number of hydrogen-bond acceptors (Lipinski definition) is 4. The van der Waals surface area contributed by atoms with E-state index >= 15 is 0 Å². The van der Waals surface area contributed by atoms with Gasteiger partial charge in [0.15, 0.2) is 6.23 Å². The third kappa shape index (κ3) is 4.51. The Balaban J connectivity index is 2.04. The van der Waals surface area contributed by atoms with Crippen LogP contribution in [0.15, 0.2) is 54.6 Å². The van der Waals surface area contributed by atoms with Gasteiger partial charge in [0.1, 0.15) is 5.75 Å². The van der Waals surface area contributed by atoms with E-state index in [2.05, 4.69) is 13.8 Å². The molecular formula is C20H25NO3. The van der Waals surface area contributed by atoms with Crippen molar-refractivity contribution in [1.82, 2.24) is 0 Å². The maximum Gasteiger partial charge on any atom is 0.515 e. The van der Waals surface area contributed by atoms with Crippen LogP contribution in [0.2, 0.25) is 0 Å². The number of para-hydroxylation sites is 2. The fourth-order valence-electron chi connectivity index (χ4n) is 2.64. The van der Waals surface area contributed by atoms with Crippen LogP contribution in [0.25, 0.3) is 0 Å². The lowest BCUT2D eigenvalue weighted by atomic mass is 10.0. The number of nitrogens with zero attached hydrogens (tertiary/aromatic N) is 1. The molecule has 0 N–H and O–H groups in total. The van der Waals surface area contributed by atoms with Crippen LogP contribution in [-0.4, -0.2) is 18.9 Å². The summed E-state index contributed by atoms with van der Waals surface area (Å²) in [6.07, 6.45) is -1.11. The molecule has 0 heterocycles. The summed E-state index contributed by atoms with van der Waals surface area (Å²) in [6.45, 7) is 8.70. The van der Waals surface area contributed by atoms with Crippen molar-refractivity contribution in [3.63, 3.8) is 0 Å². The second-order valence-corrected chi connectivity index (χ2v) is 5.88. The molecule has 4 heteroatoms. The number of anilines is 1. The van der Waals surface area contributed by atoms with Crippen molar-refractivity contribution in [3.05, 3.63) is 60.2 Å². The summed E-state index contributed by atoms with van der Waals surface area (Å²) >= 11 is 0. The van der Waals surface area contributed by atoms with Gasteiger partial charge >= 0.3 is 6.16 Å². The molecule has 0 aliphatic carbocycles. The van der Waals surface area contributed by atoms with Gasteiger partial charge in [0.05, 0.1) is 0 Å². The smallest absolute Gasteiger partial charge is 0.410 e. The highest BCUT2D eigenvalue weighted by atomic mass is 16.7. The fourth-order valence-corrected chi connectivity index (χ4v) is 2.64. The standard InChI is InChI=1S/C20H25NO3/c1-5-21(17-11-7-6-8-12-17)16(4)23-20(22)24-19-14-10-9-13-18(19)15(2)3/h6-16H,5H2,1-4H3. The van der Waals surface area contributed by atoms with Crippen molar-refractivity contribution < 1.29 is 14.3 Å². The molecule has 2 rings (SSSR count). The maximum atomic E-state index is 12.2. The molecule has 128 valence electrons. The highest BCUT2D eigenvalue weighted by Crippen LogP contribution is 2.26. The van der Waals surface area contributed by atoms with E-state index in [1.54, 1.807) is 6.07 Å².